The lowest BCUT2D eigenvalue weighted by molar-refractivity contribution is -0.116. The molecule has 1 amide bonds. The second-order valence-electron chi connectivity index (χ2n) is 5.12. The molecule has 1 aromatic carbocycles. The number of hydrogen-bond donors (Lipinski definition) is 1. The molecular formula is C16H12ClNO4S. The minimum Gasteiger partial charge on any atom is -0.453 e. The van der Waals surface area contributed by atoms with E-state index in [2.05, 4.69) is 5.32 Å². The minimum atomic E-state index is -0.582. The molecule has 7 heteroatoms. The normalized spacial score (nSPS) is 15.9. The number of fused-ring (bicyclic) bond motifs is 1. The second kappa shape index (κ2) is 6.14. The van der Waals surface area contributed by atoms with Crippen LogP contribution in [0.1, 0.15) is 38.4 Å². The molecule has 0 radical (unpaired) electrons. The molecule has 0 saturated heterocycles. The third-order valence-corrected chi connectivity index (χ3v) is 4.81. The Hall–Kier alpha value is -2.18. The van der Waals surface area contributed by atoms with E-state index < -0.39 is 5.97 Å². The topological polar surface area (TPSA) is 72.5 Å². The monoisotopic (exact) mass is 349 g/mol. The summed E-state index contributed by atoms with van der Waals surface area (Å²) in [6.45, 7) is 1.42. The van der Waals surface area contributed by atoms with E-state index in [1.807, 2.05) is 0 Å². The number of ketones is 1. The van der Waals surface area contributed by atoms with Crippen LogP contribution in [0, 0.1) is 0 Å². The Kier molecular flexibility index (Phi) is 4.19. The van der Waals surface area contributed by atoms with Crippen molar-refractivity contribution in [3.05, 3.63) is 50.7 Å². The molecule has 23 heavy (non-hydrogen) atoms. The molecule has 0 bridgehead atoms. The van der Waals surface area contributed by atoms with Gasteiger partial charge in [-0.2, -0.15) is 0 Å². The summed E-state index contributed by atoms with van der Waals surface area (Å²) >= 11 is 6.85. The van der Waals surface area contributed by atoms with Crippen LogP contribution in [0.25, 0.3) is 0 Å². The van der Waals surface area contributed by atoms with Gasteiger partial charge >= 0.3 is 5.97 Å². The van der Waals surface area contributed by atoms with Crippen LogP contribution in [0.5, 0.6) is 0 Å². The van der Waals surface area contributed by atoms with Crippen molar-refractivity contribution >= 4 is 46.3 Å². The third-order valence-electron chi connectivity index (χ3n) is 3.60. The highest BCUT2D eigenvalue weighted by molar-refractivity contribution is 7.17. The maximum absolute atomic E-state index is 12.2. The van der Waals surface area contributed by atoms with Crippen LogP contribution in [-0.2, 0) is 9.53 Å². The molecule has 1 aliphatic rings. The molecule has 2 aromatic rings. The van der Waals surface area contributed by atoms with E-state index in [1.165, 1.54) is 0 Å². The average molecular weight is 350 g/mol. The molecule has 1 aromatic heterocycles. The Morgan fingerprint density at radius 1 is 1.30 bits per heavy atom. The highest BCUT2D eigenvalue weighted by Crippen LogP contribution is 2.32. The summed E-state index contributed by atoms with van der Waals surface area (Å²) in [6.07, 6.45) is 0. The summed E-state index contributed by atoms with van der Waals surface area (Å²) in [5.74, 6) is -1.30. The Morgan fingerprint density at radius 2 is 2.09 bits per heavy atom. The van der Waals surface area contributed by atoms with Crippen LogP contribution in [0.15, 0.2) is 30.3 Å². The highest BCUT2D eigenvalue weighted by atomic mass is 35.5. The number of carbonyl (C=O) groups excluding carboxylic acids is 3. The van der Waals surface area contributed by atoms with Gasteiger partial charge in [0.15, 0.2) is 12.4 Å². The lowest BCUT2D eigenvalue weighted by Crippen LogP contribution is -2.13. The highest BCUT2D eigenvalue weighted by Gasteiger charge is 2.27. The molecule has 5 nitrogen and oxygen atoms in total. The number of halogens is 1. The molecule has 1 atom stereocenters. The predicted molar refractivity (Wildman–Crippen MR) is 87.4 cm³/mol. The van der Waals surface area contributed by atoms with Crippen molar-refractivity contribution in [3.63, 3.8) is 0 Å². The lowest BCUT2D eigenvalue weighted by Gasteiger charge is -2.06. The summed E-state index contributed by atoms with van der Waals surface area (Å²) in [5.41, 5.74) is 1.89. The lowest BCUT2D eigenvalue weighted by atomic mass is 9.99. The number of carbonyl (C=O) groups is 3. The number of Topliss-reactive ketones (excluding diaryl/α,β-unsaturated/α-hetero) is 1. The van der Waals surface area contributed by atoms with E-state index in [4.69, 9.17) is 16.3 Å². The minimum absolute atomic E-state index is 0.0920. The summed E-state index contributed by atoms with van der Waals surface area (Å²) in [7, 11) is 0. The van der Waals surface area contributed by atoms with Gasteiger partial charge in [0.25, 0.3) is 0 Å². The molecule has 1 aliphatic heterocycles. The zero-order chi connectivity index (χ0) is 16.6. The van der Waals surface area contributed by atoms with E-state index >= 15 is 0 Å². The first kappa shape index (κ1) is 15.7. The molecule has 3 rings (SSSR count). The fraction of sp³-hybridized carbons (Fsp3) is 0.188. The standard InChI is InChI=1S/C16H12ClNO4S/c1-8-10-6-9(2-3-11(10)18-15(8)20)12(19)7-22-16(21)13-4-5-14(17)23-13/h2-6,8H,7H2,1H3,(H,18,20)/t8-/m0/s1. The smallest absolute Gasteiger partial charge is 0.348 e. The van der Waals surface area contributed by atoms with Gasteiger partial charge in [-0.25, -0.2) is 4.79 Å². The number of hydrogen-bond acceptors (Lipinski definition) is 5. The largest absolute Gasteiger partial charge is 0.453 e. The number of thiophene rings is 1. The summed E-state index contributed by atoms with van der Waals surface area (Å²) in [6, 6.07) is 8.10. The molecule has 2 heterocycles. The maximum Gasteiger partial charge on any atom is 0.348 e. The van der Waals surface area contributed by atoms with Gasteiger partial charge in [-0.05, 0) is 42.8 Å². The SMILES string of the molecule is C[C@@H]1C(=O)Nc2ccc(C(=O)COC(=O)c3ccc(Cl)s3)cc21. The maximum atomic E-state index is 12.2. The first-order valence-corrected chi connectivity index (χ1v) is 8.05. The molecule has 0 aliphatic carbocycles. The fourth-order valence-corrected chi connectivity index (χ4v) is 3.24. The van der Waals surface area contributed by atoms with Crippen molar-refractivity contribution in [1.29, 1.82) is 0 Å². The van der Waals surface area contributed by atoms with Gasteiger partial charge in [0.05, 0.1) is 10.3 Å². The van der Waals surface area contributed by atoms with Crippen LogP contribution in [0.2, 0.25) is 4.34 Å². The van der Waals surface area contributed by atoms with Crippen molar-refractivity contribution in [1.82, 2.24) is 0 Å². The summed E-state index contributed by atoms with van der Waals surface area (Å²) < 4.78 is 5.49. The quantitative estimate of drug-likeness (QED) is 0.677. The van der Waals surface area contributed by atoms with Crippen molar-refractivity contribution < 1.29 is 19.1 Å². The molecule has 0 unspecified atom stereocenters. The average Bonchev–Trinajstić information content (AvgIpc) is 3.09. The van der Waals surface area contributed by atoms with Crippen molar-refractivity contribution in [3.8, 4) is 0 Å². The van der Waals surface area contributed by atoms with E-state index in [0.717, 1.165) is 16.9 Å². The Labute approximate surface area is 141 Å². The summed E-state index contributed by atoms with van der Waals surface area (Å²) in [5, 5.41) is 2.74. The molecule has 0 fully saturated rings. The van der Waals surface area contributed by atoms with Gasteiger partial charge in [-0.1, -0.05) is 11.6 Å². The number of benzene rings is 1. The van der Waals surface area contributed by atoms with E-state index in [-0.39, 0.29) is 24.2 Å². The van der Waals surface area contributed by atoms with Crippen molar-refractivity contribution in [2.24, 2.45) is 0 Å². The van der Waals surface area contributed by atoms with Crippen molar-refractivity contribution in [2.45, 2.75) is 12.8 Å². The second-order valence-corrected chi connectivity index (χ2v) is 6.83. The zero-order valence-corrected chi connectivity index (χ0v) is 13.7. The number of amides is 1. The fourth-order valence-electron chi connectivity index (χ4n) is 2.30. The van der Waals surface area contributed by atoms with Crippen LogP contribution >= 0.6 is 22.9 Å². The molecule has 0 spiro atoms. The predicted octanol–water partition coefficient (Wildman–Crippen LogP) is 3.50. The van der Waals surface area contributed by atoms with Crippen LogP contribution in [-0.4, -0.2) is 24.3 Å². The Morgan fingerprint density at radius 3 is 2.78 bits per heavy atom. The van der Waals surface area contributed by atoms with E-state index in [9.17, 15) is 14.4 Å². The first-order valence-electron chi connectivity index (χ1n) is 6.86. The van der Waals surface area contributed by atoms with Gasteiger partial charge in [0.2, 0.25) is 5.91 Å². The van der Waals surface area contributed by atoms with Gasteiger partial charge in [-0.3, -0.25) is 9.59 Å². The number of ether oxygens (including phenoxy) is 1. The van der Waals surface area contributed by atoms with E-state index in [1.54, 1.807) is 37.3 Å². The van der Waals surface area contributed by atoms with Crippen LogP contribution < -0.4 is 5.32 Å². The molecule has 1 N–H and O–H groups in total. The Bertz CT molecular complexity index is 814. The van der Waals surface area contributed by atoms with Gasteiger partial charge in [0.1, 0.15) is 4.88 Å². The van der Waals surface area contributed by atoms with Crippen LogP contribution in [0.3, 0.4) is 0 Å². The first-order chi connectivity index (χ1) is 11.0. The third kappa shape index (κ3) is 3.13. The summed E-state index contributed by atoms with van der Waals surface area (Å²) in [4.78, 5) is 35.9. The molecular weight excluding hydrogens is 338 g/mol. The molecule has 0 saturated carbocycles. The van der Waals surface area contributed by atoms with E-state index in [0.29, 0.717) is 20.5 Å². The van der Waals surface area contributed by atoms with Gasteiger partial charge < -0.3 is 10.1 Å². The zero-order valence-electron chi connectivity index (χ0n) is 12.1. The Balaban J connectivity index is 1.67. The number of anilines is 1. The van der Waals surface area contributed by atoms with Gasteiger partial charge in [-0.15, -0.1) is 11.3 Å². The number of rotatable bonds is 4. The van der Waals surface area contributed by atoms with Gasteiger partial charge in [0, 0.05) is 11.3 Å². The molecule has 118 valence electrons. The van der Waals surface area contributed by atoms with Crippen LogP contribution in [0.4, 0.5) is 5.69 Å². The van der Waals surface area contributed by atoms with Crippen molar-refractivity contribution in [2.75, 3.05) is 11.9 Å². The number of esters is 1. The number of nitrogens with one attached hydrogen (secondary N) is 1.